The molecule has 1 aromatic heterocycles. The number of esters is 1. The van der Waals surface area contributed by atoms with Crippen LogP contribution >= 0.6 is 0 Å². The van der Waals surface area contributed by atoms with Crippen molar-refractivity contribution in [2.75, 3.05) is 19.0 Å². The number of benzene rings is 3. The number of unbranched alkanes of at least 4 members (excludes halogenated alkanes) is 4. The van der Waals surface area contributed by atoms with Crippen molar-refractivity contribution in [1.82, 2.24) is 25.9 Å². The molecule has 44 heavy (non-hydrogen) atoms. The molecule has 0 spiro atoms. The minimum absolute atomic E-state index is 0.0250. The standard InChI is InChI=1S/C32H36N6O6/c1-3-4-5-6-7-20-43-26-18-12-24(13-19-26)31(41)44-27-14-8-22(9-15-27)21-28(30(40)34-32-35-37-38-36-32)33-29(39)23-10-16-25(42-2)17-11-23/h8-19,28H,3-7,20-21H2,1-2H3,(H,33,39)(H2,34,35,36,37,38,40)/t28-/m0/s1. The van der Waals surface area contributed by atoms with Crippen molar-refractivity contribution in [2.45, 2.75) is 51.5 Å². The van der Waals surface area contributed by atoms with Gasteiger partial charge in [-0.2, -0.15) is 5.21 Å². The van der Waals surface area contributed by atoms with Crippen LogP contribution in [0.4, 0.5) is 5.95 Å². The van der Waals surface area contributed by atoms with E-state index in [-0.39, 0.29) is 12.4 Å². The van der Waals surface area contributed by atoms with Gasteiger partial charge in [0.25, 0.3) is 11.9 Å². The van der Waals surface area contributed by atoms with Gasteiger partial charge in [-0.1, -0.05) is 49.8 Å². The van der Waals surface area contributed by atoms with Crippen molar-refractivity contribution in [1.29, 1.82) is 0 Å². The van der Waals surface area contributed by atoms with E-state index in [1.54, 1.807) is 72.8 Å². The van der Waals surface area contributed by atoms with Gasteiger partial charge in [-0.25, -0.2) is 4.79 Å². The van der Waals surface area contributed by atoms with Crippen LogP contribution in [0.1, 0.15) is 65.3 Å². The van der Waals surface area contributed by atoms with Gasteiger partial charge in [0, 0.05) is 12.0 Å². The summed E-state index contributed by atoms with van der Waals surface area (Å²) in [5.41, 5.74) is 1.46. The van der Waals surface area contributed by atoms with Crippen LogP contribution in [0.3, 0.4) is 0 Å². The molecule has 0 aliphatic carbocycles. The summed E-state index contributed by atoms with van der Waals surface area (Å²) < 4.78 is 16.4. The number of ether oxygens (including phenoxy) is 3. The molecule has 4 rings (SSSR count). The fourth-order valence-electron chi connectivity index (χ4n) is 4.28. The average molecular weight is 601 g/mol. The predicted octanol–water partition coefficient (Wildman–Crippen LogP) is 4.76. The minimum Gasteiger partial charge on any atom is -0.497 e. The molecule has 0 aliphatic heterocycles. The van der Waals surface area contributed by atoms with Gasteiger partial charge in [0.1, 0.15) is 23.3 Å². The number of carbonyl (C=O) groups excluding carboxylic acids is 3. The molecule has 230 valence electrons. The molecule has 0 unspecified atom stereocenters. The lowest BCUT2D eigenvalue weighted by atomic mass is 10.0. The smallest absolute Gasteiger partial charge is 0.343 e. The normalized spacial score (nSPS) is 11.3. The third-order valence-electron chi connectivity index (χ3n) is 6.73. The van der Waals surface area contributed by atoms with Crippen LogP contribution in [-0.2, 0) is 11.2 Å². The molecule has 4 aromatic rings. The summed E-state index contributed by atoms with van der Waals surface area (Å²) in [7, 11) is 1.53. The lowest BCUT2D eigenvalue weighted by Crippen LogP contribution is -2.45. The summed E-state index contributed by atoms with van der Waals surface area (Å²) in [6, 6.07) is 19.1. The maximum atomic E-state index is 13.0. The Morgan fingerprint density at radius 2 is 1.48 bits per heavy atom. The summed E-state index contributed by atoms with van der Waals surface area (Å²) in [4.78, 5) is 38.7. The SMILES string of the molecule is CCCCCCCOc1ccc(C(=O)Oc2ccc(C[C@H](NC(=O)c3ccc(OC)cc3)C(=O)Nc3nn[nH]n3)cc2)cc1. The van der Waals surface area contributed by atoms with Gasteiger partial charge < -0.3 is 19.5 Å². The molecule has 12 nitrogen and oxygen atoms in total. The van der Waals surface area contributed by atoms with E-state index in [1.807, 2.05) is 0 Å². The fraction of sp³-hybridized carbons (Fsp3) is 0.312. The first-order valence-corrected chi connectivity index (χ1v) is 14.5. The molecular weight excluding hydrogens is 564 g/mol. The second-order valence-electron chi connectivity index (χ2n) is 10.0. The van der Waals surface area contributed by atoms with Crippen LogP contribution in [0.5, 0.6) is 17.2 Å². The zero-order valence-corrected chi connectivity index (χ0v) is 24.7. The van der Waals surface area contributed by atoms with E-state index in [0.29, 0.717) is 40.5 Å². The molecule has 2 amide bonds. The first-order valence-electron chi connectivity index (χ1n) is 14.5. The van der Waals surface area contributed by atoms with Gasteiger partial charge in [0.2, 0.25) is 5.91 Å². The number of methoxy groups -OCH3 is 1. The lowest BCUT2D eigenvalue weighted by Gasteiger charge is -2.18. The molecule has 0 saturated heterocycles. The van der Waals surface area contributed by atoms with Crippen LogP contribution in [0.25, 0.3) is 0 Å². The second kappa shape index (κ2) is 16.4. The largest absolute Gasteiger partial charge is 0.497 e. The first-order chi connectivity index (χ1) is 21.4. The van der Waals surface area contributed by atoms with Gasteiger partial charge >= 0.3 is 5.97 Å². The molecular formula is C32H36N6O6. The topological polar surface area (TPSA) is 157 Å². The van der Waals surface area contributed by atoms with Crippen molar-refractivity contribution >= 4 is 23.7 Å². The van der Waals surface area contributed by atoms with Crippen LogP contribution in [0.2, 0.25) is 0 Å². The quantitative estimate of drug-likeness (QED) is 0.0937. The molecule has 0 fully saturated rings. The Morgan fingerprint density at radius 3 is 2.14 bits per heavy atom. The summed E-state index contributed by atoms with van der Waals surface area (Å²) in [6.07, 6.45) is 5.94. The van der Waals surface area contributed by atoms with E-state index < -0.39 is 23.8 Å². The number of aromatic amines is 1. The second-order valence-corrected chi connectivity index (χ2v) is 10.0. The monoisotopic (exact) mass is 600 g/mol. The van der Waals surface area contributed by atoms with Gasteiger partial charge in [0.15, 0.2) is 0 Å². The predicted molar refractivity (Wildman–Crippen MR) is 163 cm³/mol. The van der Waals surface area contributed by atoms with Crippen LogP contribution in [-0.4, -0.2) is 58.2 Å². The van der Waals surface area contributed by atoms with Crippen molar-refractivity contribution in [3.05, 3.63) is 89.5 Å². The van der Waals surface area contributed by atoms with Crippen LogP contribution in [0, 0.1) is 0 Å². The average Bonchev–Trinajstić information content (AvgIpc) is 3.56. The van der Waals surface area contributed by atoms with Crippen molar-refractivity contribution in [3.63, 3.8) is 0 Å². The molecule has 0 saturated carbocycles. The van der Waals surface area contributed by atoms with Gasteiger partial charge in [0.05, 0.1) is 19.3 Å². The van der Waals surface area contributed by atoms with E-state index in [9.17, 15) is 14.4 Å². The number of nitrogens with zero attached hydrogens (tertiary/aromatic N) is 3. The third kappa shape index (κ3) is 9.65. The number of nitrogens with one attached hydrogen (secondary N) is 3. The number of H-pyrrole nitrogens is 1. The molecule has 3 aromatic carbocycles. The summed E-state index contributed by atoms with van der Waals surface area (Å²) in [5, 5.41) is 18.4. The van der Waals surface area contributed by atoms with Gasteiger partial charge in [-0.15, -0.1) is 5.10 Å². The Bertz CT molecular complexity index is 1480. The summed E-state index contributed by atoms with van der Waals surface area (Å²) >= 11 is 0. The van der Waals surface area contributed by atoms with Crippen molar-refractivity contribution < 1.29 is 28.6 Å². The molecule has 0 radical (unpaired) electrons. The highest BCUT2D eigenvalue weighted by Crippen LogP contribution is 2.19. The highest BCUT2D eigenvalue weighted by Gasteiger charge is 2.23. The third-order valence-corrected chi connectivity index (χ3v) is 6.73. The Balaban J connectivity index is 1.34. The molecule has 0 aliphatic rings. The number of tetrazole rings is 1. The van der Waals surface area contributed by atoms with E-state index in [1.165, 1.54) is 26.4 Å². The fourth-order valence-corrected chi connectivity index (χ4v) is 4.28. The Hall–Kier alpha value is -5.26. The van der Waals surface area contributed by atoms with E-state index in [0.717, 1.165) is 12.8 Å². The summed E-state index contributed by atoms with van der Waals surface area (Å²) in [5.74, 6) is 0.126. The van der Waals surface area contributed by atoms with Gasteiger partial charge in [-0.05, 0) is 77.9 Å². The van der Waals surface area contributed by atoms with Crippen LogP contribution in [0.15, 0.2) is 72.8 Å². The first kappa shape index (κ1) is 31.7. The molecule has 1 heterocycles. The zero-order valence-electron chi connectivity index (χ0n) is 24.7. The number of hydrogen-bond donors (Lipinski definition) is 3. The van der Waals surface area contributed by atoms with E-state index >= 15 is 0 Å². The Kier molecular flexibility index (Phi) is 11.8. The number of anilines is 1. The molecule has 0 bridgehead atoms. The van der Waals surface area contributed by atoms with Crippen molar-refractivity contribution in [2.24, 2.45) is 0 Å². The maximum Gasteiger partial charge on any atom is 0.343 e. The highest BCUT2D eigenvalue weighted by atomic mass is 16.5. The molecule has 3 N–H and O–H groups in total. The maximum absolute atomic E-state index is 13.0. The number of rotatable bonds is 16. The van der Waals surface area contributed by atoms with Gasteiger partial charge in [-0.3, -0.25) is 14.9 Å². The zero-order chi connectivity index (χ0) is 31.1. The molecule has 1 atom stereocenters. The summed E-state index contributed by atoms with van der Waals surface area (Å²) in [6.45, 7) is 2.83. The van der Waals surface area contributed by atoms with E-state index in [2.05, 4.69) is 38.2 Å². The highest BCUT2D eigenvalue weighted by molar-refractivity contribution is 6.00. The minimum atomic E-state index is -0.978. The van der Waals surface area contributed by atoms with Crippen LogP contribution < -0.4 is 24.8 Å². The van der Waals surface area contributed by atoms with Crippen molar-refractivity contribution in [3.8, 4) is 17.2 Å². The molecule has 12 heteroatoms. The Labute approximate surface area is 255 Å². The number of carbonyl (C=O) groups is 3. The van der Waals surface area contributed by atoms with E-state index in [4.69, 9.17) is 14.2 Å². The number of amides is 2. The number of hydrogen-bond acceptors (Lipinski definition) is 9. The number of aromatic nitrogens is 4. The lowest BCUT2D eigenvalue weighted by molar-refractivity contribution is -0.118. The Morgan fingerprint density at radius 1 is 0.818 bits per heavy atom.